The molecule has 0 saturated carbocycles. The number of aromatic hydroxyl groups is 1. The molecule has 1 aromatic carbocycles. The minimum absolute atomic E-state index is 0.0224. The molecule has 3 aliphatic rings. The Labute approximate surface area is 251 Å². The molecule has 8 N–H and O–H groups in total. The van der Waals surface area contributed by atoms with Crippen LogP contribution in [0.2, 0.25) is 0 Å². The van der Waals surface area contributed by atoms with Crippen LogP contribution in [0.25, 0.3) is 0 Å². The molecule has 0 radical (unpaired) electrons. The highest BCUT2D eigenvalue weighted by Crippen LogP contribution is 2.52. The average molecular weight is 604 g/mol. The van der Waals surface area contributed by atoms with Gasteiger partial charge in [-0.1, -0.05) is 0 Å². The maximum absolute atomic E-state index is 14.2. The number of nitrogens with two attached hydrogens (primary N) is 1. The summed E-state index contributed by atoms with van der Waals surface area (Å²) in [6.07, 6.45) is 3.30. The Kier molecular flexibility index (Phi) is 7.05. The van der Waals surface area contributed by atoms with Crippen molar-refractivity contribution in [2.24, 2.45) is 17.6 Å². The first-order chi connectivity index (χ1) is 20.9. The molecule has 0 saturated heterocycles. The molecule has 1 amide bonds. The second-order valence-electron chi connectivity index (χ2n) is 11.9. The van der Waals surface area contributed by atoms with Gasteiger partial charge in [-0.15, -0.1) is 0 Å². The van der Waals surface area contributed by atoms with E-state index >= 15 is 0 Å². The number of Topliss-reactive ketones (excluding diaryl/α,β-unsaturated/α-hetero) is 2. The van der Waals surface area contributed by atoms with Crippen LogP contribution in [0.4, 0.5) is 5.69 Å². The zero-order chi connectivity index (χ0) is 31.5. The molecule has 44 heavy (non-hydrogen) atoms. The fourth-order valence-electron chi connectivity index (χ4n) is 6.88. The number of rotatable bonds is 8. The normalized spacial score (nSPS) is 23.1. The smallest absolute Gasteiger partial charge is 0.255 e. The number of aliphatic hydroxyl groups excluding tert-OH is 2. The number of nitrogens with one attached hydrogen (secondary N) is 2. The number of phenolic OH excluding ortho intramolecular Hbond substituents is 1. The van der Waals surface area contributed by atoms with E-state index < -0.39 is 52.0 Å². The Morgan fingerprint density at radius 2 is 1.68 bits per heavy atom. The van der Waals surface area contributed by atoms with E-state index in [2.05, 4.69) is 20.4 Å². The summed E-state index contributed by atoms with van der Waals surface area (Å²) in [5.41, 5.74) is 5.05. The maximum atomic E-state index is 14.2. The lowest BCUT2D eigenvalue weighted by atomic mass is 9.60. The predicted octanol–water partition coefficient (Wildman–Crippen LogP) is 1.30. The van der Waals surface area contributed by atoms with Crippen molar-refractivity contribution in [3.8, 4) is 5.75 Å². The summed E-state index contributed by atoms with van der Waals surface area (Å²) < 4.78 is 0. The second-order valence-corrected chi connectivity index (χ2v) is 11.9. The summed E-state index contributed by atoms with van der Waals surface area (Å²) in [7, 11) is 3.65. The number of aliphatic hydroxyl groups is 3. The number of H-pyrrole nitrogens is 2. The molecule has 0 spiro atoms. The number of hydrogen-bond acceptors (Lipinski definition) is 11. The highest BCUT2D eigenvalue weighted by molar-refractivity contribution is 6.24. The number of fused-ring (bicyclic) bond motifs is 3. The number of carbonyl (C=O) groups excluding carboxylic acids is 3. The molecule has 1 unspecified atom stereocenters. The van der Waals surface area contributed by atoms with Gasteiger partial charge in [-0.2, -0.15) is 10.2 Å². The van der Waals surface area contributed by atoms with Crippen molar-refractivity contribution in [3.63, 3.8) is 0 Å². The number of amides is 1. The molecule has 3 aliphatic carbocycles. The lowest BCUT2D eigenvalue weighted by Crippen LogP contribution is -2.57. The third kappa shape index (κ3) is 4.53. The monoisotopic (exact) mass is 603 g/mol. The predicted molar refractivity (Wildman–Crippen MR) is 155 cm³/mol. The van der Waals surface area contributed by atoms with E-state index in [1.165, 1.54) is 0 Å². The fourth-order valence-corrected chi connectivity index (χ4v) is 6.88. The van der Waals surface area contributed by atoms with Crippen LogP contribution in [-0.4, -0.2) is 82.9 Å². The van der Waals surface area contributed by atoms with Crippen LogP contribution in [0.15, 0.2) is 53.3 Å². The van der Waals surface area contributed by atoms with Gasteiger partial charge < -0.3 is 31.1 Å². The van der Waals surface area contributed by atoms with Crippen molar-refractivity contribution in [1.82, 2.24) is 25.3 Å². The number of primary amides is 1. The van der Waals surface area contributed by atoms with Gasteiger partial charge in [-0.25, -0.2) is 0 Å². The van der Waals surface area contributed by atoms with E-state index in [9.17, 15) is 34.8 Å². The zero-order valence-electron chi connectivity index (χ0n) is 24.2. The summed E-state index contributed by atoms with van der Waals surface area (Å²) in [5.74, 6) is -6.51. The summed E-state index contributed by atoms with van der Waals surface area (Å²) in [6.45, 7) is 1.10. The van der Waals surface area contributed by atoms with E-state index in [1.807, 2.05) is 42.1 Å². The topological polar surface area (TPSA) is 222 Å². The average Bonchev–Trinajstić information content (AvgIpc) is 3.66. The molecule has 2 heterocycles. The van der Waals surface area contributed by atoms with Crippen LogP contribution in [0, 0.1) is 11.8 Å². The highest BCUT2D eigenvalue weighted by Gasteiger charge is 2.59. The van der Waals surface area contributed by atoms with Gasteiger partial charge >= 0.3 is 0 Å². The van der Waals surface area contributed by atoms with Crippen LogP contribution in [0.3, 0.4) is 0 Å². The quantitative estimate of drug-likeness (QED) is 0.182. The second kappa shape index (κ2) is 10.6. The first-order valence-electron chi connectivity index (χ1n) is 14.1. The molecule has 0 bridgehead atoms. The van der Waals surface area contributed by atoms with E-state index in [4.69, 9.17) is 5.73 Å². The third-order valence-corrected chi connectivity index (χ3v) is 8.90. The molecule has 6 rings (SSSR count). The number of benzene rings is 1. The number of hydrogen-bond donors (Lipinski definition) is 7. The largest absolute Gasteiger partial charge is 0.511 e. The van der Waals surface area contributed by atoms with Crippen LogP contribution in [0.5, 0.6) is 5.75 Å². The molecular formula is C30H33N7O7. The molecule has 2 aromatic heterocycles. The maximum Gasteiger partial charge on any atom is 0.255 e. The lowest BCUT2D eigenvalue weighted by Gasteiger charge is -2.46. The number of nitrogens with zero attached hydrogens (tertiary/aromatic N) is 4. The van der Waals surface area contributed by atoms with Crippen LogP contribution >= 0.6 is 0 Å². The standard InChI is InChI=1S/C30H33N7O7/c1-36(2)20-9-15(11-37(12-17-3-5-32-34-17)13-18-4-6-33-35-18)25(39)23-19(20)8-14-7-16-10-21(38)24(29(31)43)28(42)30(16,44)27(41)22(14)26(23)40/h3-6,9,14,16,38-39,41,44H,7-8,10-13H2,1-2H3,(H2,31,43)(H,32,34)(H,33,35)/t14?,16-,30-/m0/s1. The van der Waals surface area contributed by atoms with Crippen LogP contribution in [0.1, 0.15) is 45.7 Å². The number of aromatic nitrogens is 4. The van der Waals surface area contributed by atoms with Gasteiger partial charge in [0, 0.05) is 86.7 Å². The number of ketones is 2. The SMILES string of the molecule is CN(C)c1cc(CN(Cc2ccn[nH]2)Cc2ccn[nH]2)c(O)c2c1CC1C[C@H]3CC(O)=C(C(N)=O)C(=O)[C@@]3(O)C(O)=C1C2=O. The number of allylic oxidation sites excluding steroid dienone is 2. The van der Waals surface area contributed by atoms with E-state index in [0.717, 1.165) is 11.4 Å². The zero-order valence-corrected chi connectivity index (χ0v) is 24.2. The molecule has 3 aromatic rings. The first-order valence-corrected chi connectivity index (χ1v) is 14.1. The van der Waals surface area contributed by atoms with Crippen molar-refractivity contribution in [3.05, 3.63) is 81.3 Å². The summed E-state index contributed by atoms with van der Waals surface area (Å²) in [6, 6.07) is 5.51. The van der Waals surface area contributed by atoms with E-state index in [-0.39, 0.29) is 42.7 Å². The van der Waals surface area contributed by atoms with Crippen LogP contribution in [-0.2, 0) is 35.6 Å². The molecule has 230 valence electrons. The molecule has 14 nitrogen and oxygen atoms in total. The highest BCUT2D eigenvalue weighted by atomic mass is 16.3. The molecule has 0 fully saturated rings. The summed E-state index contributed by atoms with van der Waals surface area (Å²) in [5, 5.41) is 58.9. The van der Waals surface area contributed by atoms with Gasteiger partial charge in [0.25, 0.3) is 5.91 Å². The summed E-state index contributed by atoms with van der Waals surface area (Å²) in [4.78, 5) is 43.3. The summed E-state index contributed by atoms with van der Waals surface area (Å²) >= 11 is 0. The fraction of sp³-hybridized carbons (Fsp3) is 0.367. The molecule has 0 aliphatic heterocycles. The lowest BCUT2D eigenvalue weighted by molar-refractivity contribution is -0.144. The van der Waals surface area contributed by atoms with Crippen molar-refractivity contribution in [2.45, 2.75) is 44.5 Å². The van der Waals surface area contributed by atoms with Crippen molar-refractivity contribution in [2.75, 3.05) is 19.0 Å². The Morgan fingerprint density at radius 3 is 2.23 bits per heavy atom. The van der Waals surface area contributed by atoms with E-state index in [0.29, 0.717) is 29.9 Å². The number of aromatic amines is 2. The van der Waals surface area contributed by atoms with Gasteiger partial charge in [-0.05, 0) is 42.5 Å². The van der Waals surface area contributed by atoms with Gasteiger partial charge in [-0.3, -0.25) is 29.5 Å². The third-order valence-electron chi connectivity index (χ3n) is 8.90. The van der Waals surface area contributed by atoms with Crippen LogP contribution < -0.4 is 10.6 Å². The molecule has 3 atom stereocenters. The first kappa shape index (κ1) is 29.1. The number of phenols is 1. The van der Waals surface area contributed by atoms with Crippen molar-refractivity contribution in [1.29, 1.82) is 0 Å². The van der Waals surface area contributed by atoms with Gasteiger partial charge in [0.2, 0.25) is 5.78 Å². The Balaban J connectivity index is 1.44. The van der Waals surface area contributed by atoms with Gasteiger partial charge in [0.15, 0.2) is 11.4 Å². The molecular weight excluding hydrogens is 570 g/mol. The minimum atomic E-state index is -2.61. The van der Waals surface area contributed by atoms with E-state index in [1.54, 1.807) is 12.4 Å². The Hall–Kier alpha value is -4.95. The van der Waals surface area contributed by atoms with Gasteiger partial charge in [0.05, 0.1) is 5.56 Å². The Morgan fingerprint density at radius 1 is 1.05 bits per heavy atom. The van der Waals surface area contributed by atoms with Crippen molar-refractivity contribution < 1.29 is 34.8 Å². The minimum Gasteiger partial charge on any atom is -0.511 e. The van der Waals surface area contributed by atoms with Gasteiger partial charge in [0.1, 0.15) is 22.8 Å². The Bertz CT molecular complexity index is 1690. The number of anilines is 1. The number of carbonyl (C=O) groups is 3. The molecule has 14 heteroatoms. The van der Waals surface area contributed by atoms with Crippen molar-refractivity contribution >= 4 is 23.2 Å².